The number of hydrogen-bond acceptors (Lipinski definition) is 9. The predicted molar refractivity (Wildman–Crippen MR) is 177 cm³/mol. The number of allylic oxidation sites excluding steroid dienone is 1. The first-order chi connectivity index (χ1) is 22.7. The van der Waals surface area contributed by atoms with Crippen LogP contribution in [0.2, 0.25) is 0 Å². The third-order valence-electron chi connectivity index (χ3n) is 9.36. The van der Waals surface area contributed by atoms with Crippen LogP contribution in [0.4, 0.5) is 15.8 Å². The molecule has 246 valence electrons. The van der Waals surface area contributed by atoms with E-state index < -0.39 is 5.95 Å². The van der Waals surface area contributed by atoms with Crippen molar-refractivity contribution >= 4 is 23.2 Å². The maximum absolute atomic E-state index is 13.6. The van der Waals surface area contributed by atoms with Crippen molar-refractivity contribution in [3.63, 3.8) is 0 Å². The number of para-hydroxylation sites is 1. The summed E-state index contributed by atoms with van der Waals surface area (Å²) in [4.78, 5) is 34.0. The number of nitrogens with zero attached hydrogens (tertiary/aromatic N) is 5. The molecular weight excluding hydrogens is 599 g/mol. The lowest BCUT2D eigenvalue weighted by Gasteiger charge is -2.43. The molecule has 2 saturated carbocycles. The molecule has 1 atom stereocenters. The Labute approximate surface area is 273 Å². The van der Waals surface area contributed by atoms with Gasteiger partial charge in [-0.15, -0.1) is 0 Å². The minimum Gasteiger partial charge on any atom is -0.393 e. The van der Waals surface area contributed by atoms with E-state index in [9.17, 15) is 14.0 Å². The van der Waals surface area contributed by atoms with E-state index in [1.165, 1.54) is 12.1 Å². The molecule has 4 heterocycles. The molecule has 3 aromatic rings. The van der Waals surface area contributed by atoms with Crippen LogP contribution in [0.1, 0.15) is 62.5 Å². The number of aromatic nitrogens is 3. The highest BCUT2D eigenvalue weighted by Gasteiger charge is 2.38. The number of pyridine rings is 1. The van der Waals surface area contributed by atoms with Gasteiger partial charge in [-0.3, -0.25) is 19.2 Å². The molecule has 12 nitrogen and oxygen atoms in total. The van der Waals surface area contributed by atoms with Crippen molar-refractivity contribution in [3.05, 3.63) is 83.2 Å². The maximum atomic E-state index is 13.6. The summed E-state index contributed by atoms with van der Waals surface area (Å²) in [5, 5.41) is 14.0. The molecule has 13 heteroatoms. The average Bonchev–Trinajstić information content (AvgIpc) is 3.97. The minimum absolute atomic E-state index is 0.0138. The zero-order valence-electron chi connectivity index (χ0n) is 26.7. The summed E-state index contributed by atoms with van der Waals surface area (Å²) in [6.45, 7) is 4.34. The number of nitrogens with one attached hydrogen (secondary N) is 3. The normalized spacial score (nSPS) is 20.1. The molecule has 0 spiro atoms. The van der Waals surface area contributed by atoms with E-state index in [4.69, 9.17) is 16.6 Å². The summed E-state index contributed by atoms with van der Waals surface area (Å²) in [7, 11) is 2.06. The van der Waals surface area contributed by atoms with Crippen LogP contribution in [0.3, 0.4) is 0 Å². The van der Waals surface area contributed by atoms with E-state index in [0.29, 0.717) is 17.9 Å². The lowest BCUT2D eigenvalue weighted by atomic mass is 9.91. The maximum Gasteiger partial charge on any atom is 0.269 e. The number of hydrogen-bond donors (Lipinski definition) is 5. The predicted octanol–water partition coefficient (Wildman–Crippen LogP) is 3.23. The number of benzene rings is 1. The van der Waals surface area contributed by atoms with Gasteiger partial charge in [-0.1, -0.05) is 25.1 Å². The molecule has 1 saturated heterocycles. The fourth-order valence-corrected chi connectivity index (χ4v) is 6.57. The Kier molecular flexibility index (Phi) is 8.08. The fourth-order valence-electron chi connectivity index (χ4n) is 6.57. The van der Waals surface area contributed by atoms with Crippen LogP contribution >= 0.6 is 0 Å². The van der Waals surface area contributed by atoms with Gasteiger partial charge in [0.15, 0.2) is 0 Å². The second kappa shape index (κ2) is 12.4. The molecule has 0 radical (unpaired) electrons. The van der Waals surface area contributed by atoms with Gasteiger partial charge in [-0.25, -0.2) is 4.98 Å². The Bertz CT molecular complexity index is 1770. The van der Waals surface area contributed by atoms with Crippen LogP contribution in [0.5, 0.6) is 0 Å². The van der Waals surface area contributed by atoms with Crippen molar-refractivity contribution in [1.82, 2.24) is 30.3 Å². The van der Waals surface area contributed by atoms with Gasteiger partial charge in [-0.05, 0) is 50.3 Å². The number of rotatable bonds is 11. The fraction of sp³-hybridized carbons (Fsp3) is 0.412. The van der Waals surface area contributed by atoms with Gasteiger partial charge in [0, 0.05) is 55.8 Å². The topological polar surface area (TPSA) is 159 Å². The Balaban J connectivity index is 1.17. The van der Waals surface area contributed by atoms with E-state index in [-0.39, 0.29) is 47.4 Å². The molecule has 7 rings (SSSR count). The summed E-state index contributed by atoms with van der Waals surface area (Å²) < 4.78 is 15.8. The second-order valence-electron chi connectivity index (χ2n) is 13.0. The number of carbonyl (C=O) groups is 2. The van der Waals surface area contributed by atoms with Gasteiger partial charge >= 0.3 is 0 Å². The molecule has 7 N–H and O–H groups in total. The summed E-state index contributed by atoms with van der Waals surface area (Å²) in [6, 6.07) is 11.2. The molecule has 0 bridgehead atoms. The Morgan fingerprint density at radius 2 is 1.83 bits per heavy atom. The van der Waals surface area contributed by atoms with E-state index in [1.54, 1.807) is 6.07 Å². The summed E-state index contributed by atoms with van der Waals surface area (Å²) in [5.41, 5.74) is 18.6. The van der Waals surface area contributed by atoms with E-state index in [0.717, 1.165) is 73.4 Å². The highest BCUT2D eigenvalue weighted by atomic mass is 19.1. The Morgan fingerprint density at radius 3 is 2.53 bits per heavy atom. The highest BCUT2D eigenvalue weighted by Crippen LogP contribution is 2.49. The van der Waals surface area contributed by atoms with Crippen LogP contribution in [-0.2, 0) is 16.1 Å². The monoisotopic (exact) mass is 640 g/mol. The Hall–Kier alpha value is -4.91. The van der Waals surface area contributed by atoms with Crippen molar-refractivity contribution in [2.75, 3.05) is 30.4 Å². The van der Waals surface area contributed by atoms with Gasteiger partial charge in [0.25, 0.3) is 5.91 Å². The van der Waals surface area contributed by atoms with Crippen molar-refractivity contribution in [1.29, 1.82) is 0 Å². The zero-order valence-corrected chi connectivity index (χ0v) is 26.7. The van der Waals surface area contributed by atoms with Crippen molar-refractivity contribution in [2.45, 2.75) is 63.7 Å². The van der Waals surface area contributed by atoms with Crippen LogP contribution in [-0.4, -0.2) is 57.7 Å². The molecule has 2 aromatic heterocycles. The van der Waals surface area contributed by atoms with E-state index in [1.807, 2.05) is 24.4 Å². The van der Waals surface area contributed by atoms with Crippen molar-refractivity contribution in [2.24, 2.45) is 17.4 Å². The largest absolute Gasteiger partial charge is 0.393 e. The zero-order chi connectivity index (χ0) is 32.8. The lowest BCUT2D eigenvalue weighted by Crippen LogP contribution is -2.48. The van der Waals surface area contributed by atoms with Crippen LogP contribution in [0.25, 0.3) is 11.1 Å². The van der Waals surface area contributed by atoms with Crippen molar-refractivity contribution < 1.29 is 14.0 Å². The smallest absolute Gasteiger partial charge is 0.269 e. The first-order valence-electron chi connectivity index (χ1n) is 16.3. The summed E-state index contributed by atoms with van der Waals surface area (Å²) in [5.74, 6) is -0.895. The molecule has 3 fully saturated rings. The molecule has 1 aromatic carbocycles. The van der Waals surface area contributed by atoms with Gasteiger partial charge in [-0.2, -0.15) is 9.49 Å². The standard InChI is InChI=1S/C34H41FN10O2/c1-3-27-32-24(15-38-45(32)22-17-44(18-22)16-21-6-4-9-28(35)39-21)23-7-5-8-25(31(23)43(27)2)41-26(30(37)34(47)40-20-12-13-20)14-29(36)42-33(46)19-10-11-19/h4-9,14-15,19-20,22,27,41H,3,10-13,16-18,36-37H2,1-2H3,(H,40,47)(H,42,46)/b29-14+,30-26+. The molecule has 1 unspecified atom stereocenters. The lowest BCUT2D eigenvalue weighted by molar-refractivity contribution is -0.121. The molecule has 2 amide bonds. The van der Waals surface area contributed by atoms with Gasteiger partial charge in [0.05, 0.1) is 46.7 Å². The van der Waals surface area contributed by atoms with E-state index >= 15 is 0 Å². The number of halogens is 1. The molecular formula is C34H41FN10O2. The third-order valence-corrected chi connectivity index (χ3v) is 9.36. The number of carbonyl (C=O) groups excluding carboxylic acids is 2. The molecule has 4 aliphatic rings. The summed E-state index contributed by atoms with van der Waals surface area (Å²) >= 11 is 0. The second-order valence-corrected chi connectivity index (χ2v) is 13.0. The SMILES string of the molecule is CCC1c2c(cnn2C2CN(Cc3cccc(F)n3)C2)-c2cccc(NC(/C=C(\N)NC(=O)C3CC3)=C(/N)C(=O)NC3CC3)c2N1C. The first-order valence-corrected chi connectivity index (χ1v) is 16.3. The van der Waals surface area contributed by atoms with Gasteiger partial charge < -0.3 is 32.3 Å². The van der Waals surface area contributed by atoms with Crippen LogP contribution < -0.4 is 32.3 Å². The van der Waals surface area contributed by atoms with Gasteiger partial charge in [0.1, 0.15) is 11.5 Å². The number of anilines is 2. The third kappa shape index (κ3) is 6.27. The molecule has 47 heavy (non-hydrogen) atoms. The average molecular weight is 641 g/mol. The minimum atomic E-state index is -0.464. The quantitative estimate of drug-likeness (QED) is 0.121. The highest BCUT2D eigenvalue weighted by molar-refractivity contribution is 5.96. The number of likely N-dealkylation sites (tertiary alicyclic amines) is 1. The van der Waals surface area contributed by atoms with Crippen molar-refractivity contribution in [3.8, 4) is 11.1 Å². The molecule has 2 aliphatic heterocycles. The Morgan fingerprint density at radius 1 is 1.06 bits per heavy atom. The number of fused-ring (bicyclic) bond motifs is 3. The number of amides is 2. The number of nitrogens with two attached hydrogens (primary N) is 2. The van der Waals surface area contributed by atoms with Crippen LogP contribution in [0.15, 0.2) is 65.9 Å². The summed E-state index contributed by atoms with van der Waals surface area (Å²) in [6.07, 6.45) is 7.82. The van der Waals surface area contributed by atoms with Crippen LogP contribution in [0, 0.1) is 11.9 Å². The van der Waals surface area contributed by atoms with Gasteiger partial charge in [0.2, 0.25) is 11.9 Å². The molecule has 2 aliphatic carbocycles. The first kappa shape index (κ1) is 30.7. The van der Waals surface area contributed by atoms with E-state index in [2.05, 4.69) is 55.5 Å².